The van der Waals surface area contributed by atoms with Crippen LogP contribution in [0.2, 0.25) is 0 Å². The van der Waals surface area contributed by atoms with Crippen molar-refractivity contribution in [2.75, 3.05) is 59.3 Å². The summed E-state index contributed by atoms with van der Waals surface area (Å²) in [7, 11) is 0. The average molecular weight is 1840 g/mol. The van der Waals surface area contributed by atoms with Gasteiger partial charge in [-0.25, -0.2) is 48.2 Å². The van der Waals surface area contributed by atoms with Gasteiger partial charge in [0.05, 0.1) is 81.3 Å². The van der Waals surface area contributed by atoms with E-state index < -0.39 is 119 Å². The lowest BCUT2D eigenvalue weighted by molar-refractivity contribution is -0.137. The fourth-order valence-corrected chi connectivity index (χ4v) is 19.1. The van der Waals surface area contributed by atoms with Crippen molar-refractivity contribution >= 4 is 101 Å². The summed E-state index contributed by atoms with van der Waals surface area (Å²) < 4.78 is 53.5. The Balaban J connectivity index is 0.000000227. The van der Waals surface area contributed by atoms with Crippen LogP contribution in [0, 0.1) is 29.1 Å². The van der Waals surface area contributed by atoms with Crippen molar-refractivity contribution in [3.63, 3.8) is 0 Å². The van der Waals surface area contributed by atoms with Crippen molar-refractivity contribution < 1.29 is 110 Å². The zero-order valence-electron chi connectivity index (χ0n) is 78.9. The first kappa shape index (κ1) is 106. The van der Waals surface area contributed by atoms with Crippen molar-refractivity contribution in [3.05, 3.63) is 175 Å². The molecule has 6 fully saturated rings. The number of aliphatic hydroxyl groups is 1. The van der Waals surface area contributed by atoms with Crippen molar-refractivity contribution in [1.82, 2.24) is 40.9 Å². The van der Waals surface area contributed by atoms with E-state index in [0.29, 0.717) is 64.8 Å². The van der Waals surface area contributed by atoms with Gasteiger partial charge in [0.1, 0.15) is 47.1 Å². The van der Waals surface area contributed by atoms with E-state index in [1.807, 2.05) is 122 Å². The van der Waals surface area contributed by atoms with Gasteiger partial charge in [-0.3, -0.25) is 29.0 Å². The van der Waals surface area contributed by atoms with Crippen LogP contribution in [0.5, 0.6) is 0 Å². The van der Waals surface area contributed by atoms with Gasteiger partial charge in [0.15, 0.2) is 0 Å². The normalized spacial score (nSPS) is 19.8. The van der Waals surface area contributed by atoms with E-state index in [0.717, 1.165) is 38.4 Å². The topological polar surface area (TPSA) is 402 Å². The van der Waals surface area contributed by atoms with E-state index in [-0.39, 0.29) is 99.9 Å². The predicted octanol–water partition coefficient (Wildman–Crippen LogP) is 12.9. The molecule has 0 saturated carbocycles. The molecule has 6 heterocycles. The molecule has 0 radical (unpaired) electrons. The van der Waals surface area contributed by atoms with Crippen LogP contribution in [-0.4, -0.2) is 232 Å². The molecule has 0 unspecified atom stereocenters. The Bertz CT molecular complexity index is 4650. The Morgan fingerprint density at radius 3 is 1.34 bits per heavy atom. The maximum atomic E-state index is 13.5. The standard InChI is InChI=1S/C25H33N3O6.C23H32N2O6.C22H21O2P.C16H26N2O5.C12H22N2O4/c1-24(2,3)34-23(31)28-20(16-33-25(28,4)5)14-18(11-12-26)21(29)27-19(15-32-22(27)30)13-17-9-7-6-8-10-17;1-22(2,3)31-21(28)25-17(15-30-23(25,4)5)11-12-19(26)24-18(14-29-20(24)27)13-16-9-7-6-8-10-16;1-2-24-22(23)18-25(19-12-6-3-7-13-19,20-14-8-4-9-15-20)21-16-10-5-11-17-21;1-5-22-13(19)7-6-12(10-11-8-9-17-14(11)20)18-15(21)23-16(2,3)4;1-12(2,3)18-11(17)14-9(7-15)6-8-4-5-13-10(8)16/h6-10,18-20H,11,13-16H2,1-5H3;6-10,17-18H,11-15H2,1-5H3;3-18H,2H2,1H3;6-7,11-12H,5,8-10H2,1-4H3,(H,17,20)(H,18,21);8-9,15H,4-7H2,1-3H3,(H,13,16)(H,14,17)/b;;;7-6-;/t18-,19-,20-;17-,18-;;11-,12+;8-,9-/m00.00/s1. The van der Waals surface area contributed by atoms with Crippen LogP contribution in [0.25, 0.3) is 0 Å². The number of nitriles is 1. The van der Waals surface area contributed by atoms with Gasteiger partial charge in [-0.05, 0) is 210 Å². The number of carbonyl (C=O) groups is 12. The number of hydrogen-bond acceptors (Lipinski definition) is 24. The van der Waals surface area contributed by atoms with E-state index in [9.17, 15) is 67.9 Å². The number of hydrogen-bond donors (Lipinski definition) is 5. The molecule has 6 aliphatic rings. The number of alkyl carbamates (subject to hydrolysis) is 2. The predicted molar refractivity (Wildman–Crippen MR) is 494 cm³/mol. The smallest absolute Gasteiger partial charge is 0.416 e. The zero-order chi connectivity index (χ0) is 96.7. The second-order valence-corrected chi connectivity index (χ2v) is 40.4. The Morgan fingerprint density at radius 2 is 0.924 bits per heavy atom. The highest BCUT2D eigenvalue weighted by atomic mass is 31.2. The SMILES string of the molecule is CC(C)(C)OC(=O)N1[C@@H](CCC(=O)N2C(=O)OC[C@@H]2Cc2ccccc2)COC1(C)C.CC(C)(C)OC(=O)N1[C@@H](C[C@H](CC#N)C(=O)N2C(=O)OC[C@@H]2Cc2ccccc2)COC1(C)C.CC(C)(C)OC(=O)N[C@H](CO)C[C@@H]1CCNC1=O.CCOC(=O)/C=C\[C@H](C[C@@H]1CCNC1=O)NC(=O)OC(C)(C)C.CCOC(=O)C=P(c1ccccc1)(c1ccccc1)c1ccccc1. The first-order valence-electron chi connectivity index (χ1n) is 44.5. The first-order chi connectivity index (χ1) is 61.7. The Labute approximate surface area is 770 Å². The van der Waals surface area contributed by atoms with Crippen LogP contribution in [-0.2, 0) is 89.0 Å². The monoisotopic (exact) mass is 1840 g/mol. The highest BCUT2D eigenvalue weighted by molar-refractivity contribution is 7.95. The van der Waals surface area contributed by atoms with Gasteiger partial charge in [0.2, 0.25) is 23.6 Å². The third-order valence-corrected chi connectivity index (χ3v) is 25.2. The Kier molecular flexibility index (Phi) is 39.8. The molecular formula is C98H134N9O23P. The summed E-state index contributed by atoms with van der Waals surface area (Å²) >= 11 is 0. The molecule has 11 rings (SSSR count). The number of nitrogens with zero attached hydrogens (tertiary/aromatic N) is 5. The van der Waals surface area contributed by atoms with Crippen molar-refractivity contribution in [2.45, 2.75) is 259 Å². The van der Waals surface area contributed by atoms with Gasteiger partial charge < -0.3 is 73.7 Å². The second kappa shape index (κ2) is 49.0. The molecule has 0 aliphatic carbocycles. The maximum Gasteiger partial charge on any atom is 0.416 e. The fourth-order valence-electron chi connectivity index (χ4n) is 15.5. The minimum absolute atomic E-state index is 0.0144. The van der Waals surface area contributed by atoms with Gasteiger partial charge in [-0.2, -0.15) is 5.26 Å². The number of rotatable bonds is 26. The van der Waals surface area contributed by atoms with E-state index in [1.54, 1.807) is 128 Å². The average Bonchev–Trinajstić information content (AvgIpc) is 1.45. The lowest BCUT2D eigenvalue weighted by Gasteiger charge is -2.36. The maximum absolute atomic E-state index is 13.5. The highest BCUT2D eigenvalue weighted by Gasteiger charge is 2.50. The van der Waals surface area contributed by atoms with Crippen molar-refractivity contribution in [2.24, 2.45) is 17.8 Å². The molecule has 6 aliphatic heterocycles. The fraction of sp³-hybridized carbons (Fsp3) is 0.531. The van der Waals surface area contributed by atoms with Crippen LogP contribution in [0.15, 0.2) is 164 Å². The van der Waals surface area contributed by atoms with Crippen molar-refractivity contribution in [1.29, 1.82) is 5.26 Å². The van der Waals surface area contributed by atoms with Gasteiger partial charge in [0.25, 0.3) is 0 Å². The summed E-state index contributed by atoms with van der Waals surface area (Å²) in [6, 6.07) is 49.5. The Morgan fingerprint density at radius 1 is 0.527 bits per heavy atom. The van der Waals surface area contributed by atoms with E-state index in [2.05, 4.69) is 63.7 Å². The quantitative estimate of drug-likeness (QED) is 0.0149. The summed E-state index contributed by atoms with van der Waals surface area (Å²) in [5.41, 5.74) is -2.30. The number of imide groups is 2. The number of benzene rings is 5. The van der Waals surface area contributed by atoms with Gasteiger partial charge in [0, 0.05) is 49.6 Å². The largest absolute Gasteiger partial charge is 0.463 e. The molecule has 6 saturated heterocycles. The minimum atomic E-state index is -2.24. The molecule has 0 aromatic heterocycles. The lowest BCUT2D eigenvalue weighted by atomic mass is 9.94. The van der Waals surface area contributed by atoms with E-state index in [1.165, 1.54) is 22.0 Å². The molecule has 32 nitrogen and oxygen atoms in total. The summed E-state index contributed by atoms with van der Waals surface area (Å²) in [5, 5.41) is 32.8. The highest BCUT2D eigenvalue weighted by Crippen LogP contribution is 2.44. The molecule has 131 heavy (non-hydrogen) atoms. The van der Waals surface area contributed by atoms with E-state index in [4.69, 9.17) is 47.4 Å². The van der Waals surface area contributed by atoms with Crippen LogP contribution in [0.3, 0.4) is 0 Å². The number of aliphatic hydroxyl groups excluding tert-OH is 1. The number of esters is 2. The van der Waals surface area contributed by atoms with Crippen LogP contribution < -0.4 is 37.2 Å². The molecular weight excluding hydrogens is 1700 g/mol. The minimum Gasteiger partial charge on any atom is -0.463 e. The molecule has 0 spiro atoms. The second-order valence-electron chi connectivity index (χ2n) is 37.2. The lowest BCUT2D eigenvalue weighted by Crippen LogP contribution is -2.51. The van der Waals surface area contributed by atoms with Crippen LogP contribution in [0.1, 0.15) is 187 Å². The summed E-state index contributed by atoms with van der Waals surface area (Å²) in [6.07, 6.45) is 3.11. The Hall–Kier alpha value is -11.7. The first-order valence-corrected chi connectivity index (χ1v) is 46.4. The molecule has 10 amide bonds. The third kappa shape index (κ3) is 33.6. The number of nitrogens with one attached hydrogen (secondary N) is 4. The molecule has 5 aromatic carbocycles. The molecule has 33 heteroatoms. The molecule has 5 aromatic rings. The van der Waals surface area contributed by atoms with E-state index >= 15 is 0 Å². The van der Waals surface area contributed by atoms with Gasteiger partial charge in [-0.15, -0.1) is 0 Å². The number of cyclic esters (lactones) is 2. The molecule has 9 atom stereocenters. The molecule has 0 bridgehead atoms. The summed E-state index contributed by atoms with van der Waals surface area (Å²) in [4.78, 5) is 153. The van der Waals surface area contributed by atoms with Crippen molar-refractivity contribution in [3.8, 4) is 6.07 Å². The van der Waals surface area contributed by atoms with Crippen LogP contribution >= 0.6 is 6.89 Å². The molecule has 714 valence electrons. The van der Waals surface area contributed by atoms with Gasteiger partial charge in [-0.1, -0.05) is 158 Å². The number of carbonyl (C=O) groups excluding carboxylic acids is 12. The summed E-state index contributed by atoms with van der Waals surface area (Å²) in [5.74, 6) is -0.927. The molecule has 5 N–H and O–H groups in total. The number of ether oxygens (including phenoxy) is 10. The third-order valence-electron chi connectivity index (χ3n) is 21.2. The number of amides is 10. The van der Waals surface area contributed by atoms with Gasteiger partial charge >= 0.3 is 48.5 Å². The summed E-state index contributed by atoms with van der Waals surface area (Å²) in [6.45, 7) is 32.3. The van der Waals surface area contributed by atoms with Crippen LogP contribution in [0.4, 0.5) is 28.8 Å². The zero-order valence-corrected chi connectivity index (χ0v) is 79.8.